The maximum absolute atomic E-state index is 13.4. The Labute approximate surface area is 186 Å². The quantitative estimate of drug-likeness (QED) is 0.566. The average molecular weight is 439 g/mol. The number of carbonyl (C=O) groups excluding carboxylic acids is 2. The number of carbonyl (C=O) groups is 2. The molecule has 31 heavy (non-hydrogen) atoms. The predicted octanol–water partition coefficient (Wildman–Crippen LogP) is 4.41. The average Bonchev–Trinajstić information content (AvgIpc) is 2.79. The number of benzene rings is 3. The highest BCUT2D eigenvalue weighted by atomic mass is 35.5. The second-order valence-electron chi connectivity index (χ2n) is 7.27. The van der Waals surface area contributed by atoms with Crippen LogP contribution in [0.15, 0.2) is 78.9 Å². The van der Waals surface area contributed by atoms with Crippen LogP contribution in [0.25, 0.3) is 0 Å². The molecule has 0 aromatic heterocycles. The highest BCUT2D eigenvalue weighted by molar-refractivity contribution is 6.30. The van der Waals surface area contributed by atoms with Gasteiger partial charge in [0.15, 0.2) is 0 Å². The minimum absolute atomic E-state index is 0.126. The molecule has 3 aromatic carbocycles. The van der Waals surface area contributed by atoms with Crippen molar-refractivity contribution in [3.8, 4) is 0 Å². The van der Waals surface area contributed by atoms with Gasteiger partial charge in [0.1, 0.15) is 11.9 Å². The highest BCUT2D eigenvalue weighted by Crippen LogP contribution is 2.18. The second-order valence-corrected chi connectivity index (χ2v) is 7.71. The van der Waals surface area contributed by atoms with E-state index >= 15 is 0 Å². The van der Waals surface area contributed by atoms with Gasteiger partial charge in [-0.15, -0.1) is 0 Å². The van der Waals surface area contributed by atoms with Gasteiger partial charge in [-0.25, -0.2) is 4.39 Å². The van der Waals surface area contributed by atoms with E-state index in [1.807, 2.05) is 30.3 Å². The van der Waals surface area contributed by atoms with Crippen molar-refractivity contribution in [2.45, 2.75) is 25.4 Å². The normalized spacial score (nSPS) is 11.6. The lowest BCUT2D eigenvalue weighted by Crippen LogP contribution is -2.50. The van der Waals surface area contributed by atoms with Crippen LogP contribution in [-0.2, 0) is 29.0 Å². The van der Waals surface area contributed by atoms with E-state index in [1.54, 1.807) is 48.3 Å². The summed E-state index contributed by atoms with van der Waals surface area (Å²) in [5, 5.41) is 3.27. The van der Waals surface area contributed by atoms with Gasteiger partial charge in [0.25, 0.3) is 0 Å². The topological polar surface area (TPSA) is 49.4 Å². The van der Waals surface area contributed by atoms with Gasteiger partial charge in [-0.05, 0) is 41.0 Å². The number of rotatable bonds is 8. The molecule has 3 rings (SSSR count). The molecule has 6 heteroatoms. The molecule has 2 amide bonds. The molecule has 0 aliphatic carbocycles. The van der Waals surface area contributed by atoms with E-state index in [9.17, 15) is 14.0 Å². The van der Waals surface area contributed by atoms with Crippen molar-refractivity contribution in [3.05, 3.63) is 106 Å². The molecule has 0 unspecified atom stereocenters. The summed E-state index contributed by atoms with van der Waals surface area (Å²) in [4.78, 5) is 27.7. The van der Waals surface area contributed by atoms with Crippen molar-refractivity contribution in [1.82, 2.24) is 10.2 Å². The molecule has 0 heterocycles. The third-order valence-electron chi connectivity index (χ3n) is 5.05. The van der Waals surface area contributed by atoms with Gasteiger partial charge in [-0.2, -0.15) is 0 Å². The van der Waals surface area contributed by atoms with Gasteiger partial charge in [-0.3, -0.25) is 9.59 Å². The molecule has 1 N–H and O–H groups in total. The smallest absolute Gasteiger partial charge is 0.242 e. The SMILES string of the molecule is CNC(=O)[C@H](Cc1ccccc1)N(Cc1ccc(F)cc1)C(=O)Cc1ccc(Cl)cc1. The Balaban J connectivity index is 1.92. The molecule has 3 aromatic rings. The fraction of sp³-hybridized carbons (Fsp3) is 0.200. The monoisotopic (exact) mass is 438 g/mol. The van der Waals surface area contributed by atoms with Crippen LogP contribution in [0.5, 0.6) is 0 Å². The Kier molecular flexibility index (Phi) is 7.79. The van der Waals surface area contributed by atoms with E-state index in [4.69, 9.17) is 11.6 Å². The molecule has 160 valence electrons. The van der Waals surface area contributed by atoms with Crippen LogP contribution in [0.3, 0.4) is 0 Å². The minimum Gasteiger partial charge on any atom is -0.357 e. The molecular formula is C25H24ClFN2O2. The fourth-order valence-electron chi connectivity index (χ4n) is 3.39. The lowest BCUT2D eigenvalue weighted by Gasteiger charge is -2.31. The molecule has 0 saturated heterocycles. The molecule has 0 radical (unpaired) electrons. The summed E-state index contributed by atoms with van der Waals surface area (Å²) in [5.41, 5.74) is 2.49. The number of halogens is 2. The van der Waals surface area contributed by atoms with Crippen LogP contribution in [-0.4, -0.2) is 29.8 Å². The first kappa shape index (κ1) is 22.5. The Bertz CT molecular complexity index is 1010. The predicted molar refractivity (Wildman–Crippen MR) is 120 cm³/mol. The van der Waals surface area contributed by atoms with Gasteiger partial charge < -0.3 is 10.2 Å². The van der Waals surface area contributed by atoms with Gasteiger partial charge >= 0.3 is 0 Å². The van der Waals surface area contributed by atoms with Crippen molar-refractivity contribution in [2.75, 3.05) is 7.05 Å². The third kappa shape index (κ3) is 6.40. The molecule has 4 nitrogen and oxygen atoms in total. The Hall–Kier alpha value is -3.18. The van der Waals surface area contributed by atoms with Crippen LogP contribution < -0.4 is 5.32 Å². The first-order valence-electron chi connectivity index (χ1n) is 10.00. The zero-order chi connectivity index (χ0) is 22.2. The van der Waals surface area contributed by atoms with Crippen molar-refractivity contribution >= 4 is 23.4 Å². The lowest BCUT2D eigenvalue weighted by atomic mass is 10.0. The summed E-state index contributed by atoms with van der Waals surface area (Å²) >= 11 is 5.95. The summed E-state index contributed by atoms with van der Waals surface area (Å²) in [6.07, 6.45) is 0.495. The van der Waals surface area contributed by atoms with E-state index in [0.29, 0.717) is 11.4 Å². The van der Waals surface area contributed by atoms with Gasteiger partial charge in [0.2, 0.25) is 11.8 Å². The van der Waals surface area contributed by atoms with E-state index in [0.717, 1.165) is 16.7 Å². The number of nitrogens with zero attached hydrogens (tertiary/aromatic N) is 1. The highest BCUT2D eigenvalue weighted by Gasteiger charge is 2.29. The molecule has 0 saturated carbocycles. The molecular weight excluding hydrogens is 415 g/mol. The first-order chi connectivity index (χ1) is 15.0. The molecule has 0 spiro atoms. The maximum atomic E-state index is 13.4. The Morgan fingerprint density at radius 2 is 1.52 bits per heavy atom. The van der Waals surface area contributed by atoms with Crippen LogP contribution in [0.1, 0.15) is 16.7 Å². The lowest BCUT2D eigenvalue weighted by molar-refractivity contribution is -0.140. The van der Waals surface area contributed by atoms with Gasteiger partial charge in [0, 0.05) is 25.0 Å². The summed E-state index contributed by atoms with van der Waals surface area (Å²) < 4.78 is 13.4. The van der Waals surface area contributed by atoms with E-state index in [1.165, 1.54) is 12.1 Å². The van der Waals surface area contributed by atoms with E-state index in [-0.39, 0.29) is 30.6 Å². The van der Waals surface area contributed by atoms with Crippen LogP contribution in [0.4, 0.5) is 4.39 Å². The number of hydrogen-bond donors (Lipinski definition) is 1. The van der Waals surface area contributed by atoms with Crippen LogP contribution >= 0.6 is 11.6 Å². The number of nitrogens with one attached hydrogen (secondary N) is 1. The van der Waals surface area contributed by atoms with E-state index in [2.05, 4.69) is 5.32 Å². The molecule has 0 aliphatic rings. The van der Waals surface area contributed by atoms with Crippen molar-refractivity contribution in [2.24, 2.45) is 0 Å². The molecule has 0 aliphatic heterocycles. The van der Waals surface area contributed by atoms with Gasteiger partial charge in [-0.1, -0.05) is 66.2 Å². The molecule has 0 fully saturated rings. The van der Waals surface area contributed by atoms with E-state index < -0.39 is 6.04 Å². The summed E-state index contributed by atoms with van der Waals surface area (Å²) in [6, 6.07) is 21.8. The maximum Gasteiger partial charge on any atom is 0.242 e. The van der Waals surface area contributed by atoms with Crippen LogP contribution in [0, 0.1) is 5.82 Å². The van der Waals surface area contributed by atoms with Crippen molar-refractivity contribution < 1.29 is 14.0 Å². The minimum atomic E-state index is -0.711. The number of likely N-dealkylation sites (N-methyl/N-ethyl adjacent to an activating group) is 1. The zero-order valence-electron chi connectivity index (χ0n) is 17.2. The summed E-state index contributed by atoms with van der Waals surface area (Å²) in [5.74, 6) is -0.804. The Morgan fingerprint density at radius 3 is 2.13 bits per heavy atom. The number of hydrogen-bond acceptors (Lipinski definition) is 2. The third-order valence-corrected chi connectivity index (χ3v) is 5.30. The standard InChI is InChI=1S/C25H24ClFN2O2/c1-28-25(31)23(15-18-5-3-2-4-6-18)29(17-20-9-13-22(27)14-10-20)24(30)16-19-7-11-21(26)12-8-19/h2-14,23H,15-17H2,1H3,(H,28,31)/t23-/m0/s1. The zero-order valence-corrected chi connectivity index (χ0v) is 18.0. The number of amides is 2. The molecule has 1 atom stereocenters. The van der Waals surface area contributed by atoms with Crippen LogP contribution in [0.2, 0.25) is 5.02 Å². The summed E-state index contributed by atoms with van der Waals surface area (Å²) in [6.45, 7) is 0.192. The van der Waals surface area contributed by atoms with Crippen molar-refractivity contribution in [3.63, 3.8) is 0 Å². The Morgan fingerprint density at radius 1 is 0.903 bits per heavy atom. The molecule has 0 bridgehead atoms. The largest absolute Gasteiger partial charge is 0.357 e. The second kappa shape index (κ2) is 10.7. The summed E-state index contributed by atoms with van der Waals surface area (Å²) in [7, 11) is 1.56. The first-order valence-corrected chi connectivity index (χ1v) is 10.4. The van der Waals surface area contributed by atoms with Gasteiger partial charge in [0.05, 0.1) is 6.42 Å². The van der Waals surface area contributed by atoms with Crippen molar-refractivity contribution in [1.29, 1.82) is 0 Å². The fourth-order valence-corrected chi connectivity index (χ4v) is 3.51.